The molecule has 1 aromatic rings. The number of hydrogen-bond donors (Lipinski definition) is 1. The number of unbranched alkanes of at least 4 members (excludes halogenated alkanes) is 12. The highest BCUT2D eigenvalue weighted by Crippen LogP contribution is 2.13. The average molecular weight is 458 g/mol. The lowest BCUT2D eigenvalue weighted by molar-refractivity contribution is 0.445. The number of rotatable bonds is 19. The van der Waals surface area contributed by atoms with Crippen LogP contribution in [0.25, 0.3) is 0 Å². The van der Waals surface area contributed by atoms with Crippen LogP contribution in [0.2, 0.25) is 0 Å². The Labute approximate surface area is 202 Å². The summed E-state index contributed by atoms with van der Waals surface area (Å²) in [6, 6.07) is 10.7. The molecule has 4 heteroatoms. The molecule has 1 aliphatic heterocycles. The molecule has 0 spiro atoms. The summed E-state index contributed by atoms with van der Waals surface area (Å²) < 4.78 is 3.49. The topological polar surface area (TPSA) is 27.6 Å². The van der Waals surface area contributed by atoms with Gasteiger partial charge in [0, 0.05) is 18.8 Å². The van der Waals surface area contributed by atoms with Gasteiger partial charge in [0.1, 0.15) is 0 Å². The van der Waals surface area contributed by atoms with Gasteiger partial charge in [0.25, 0.3) is 0 Å². The first kappa shape index (κ1) is 26.8. The highest BCUT2D eigenvalue weighted by molar-refractivity contribution is 7.97. The Bertz CT molecular complexity index is 614. The lowest BCUT2D eigenvalue weighted by atomic mass is 10.1. The minimum Gasteiger partial charge on any atom is -0.336 e. The maximum Gasteiger partial charge on any atom is 0.204 e. The van der Waals surface area contributed by atoms with E-state index in [4.69, 9.17) is 0 Å². The number of allylic oxidation sites excluding steroid dienone is 2. The highest BCUT2D eigenvalue weighted by Gasteiger charge is 2.16. The Morgan fingerprint density at radius 3 is 2.16 bits per heavy atom. The van der Waals surface area contributed by atoms with Crippen LogP contribution >= 0.6 is 11.9 Å². The van der Waals surface area contributed by atoms with Gasteiger partial charge < -0.3 is 9.62 Å². The van der Waals surface area contributed by atoms with E-state index in [1.54, 1.807) is 0 Å². The third-order valence-electron chi connectivity index (χ3n) is 6.07. The smallest absolute Gasteiger partial charge is 0.204 e. The lowest BCUT2D eigenvalue weighted by Crippen LogP contribution is -2.34. The van der Waals surface area contributed by atoms with Crippen LogP contribution in [0.15, 0.2) is 47.5 Å². The zero-order valence-corrected chi connectivity index (χ0v) is 21.4. The van der Waals surface area contributed by atoms with E-state index in [-0.39, 0.29) is 0 Å². The molecule has 0 radical (unpaired) electrons. The van der Waals surface area contributed by atoms with Crippen LogP contribution in [0, 0.1) is 0 Å². The second-order valence-electron chi connectivity index (χ2n) is 9.00. The van der Waals surface area contributed by atoms with E-state index in [0.717, 1.165) is 25.6 Å². The van der Waals surface area contributed by atoms with Crippen LogP contribution in [0.3, 0.4) is 0 Å². The van der Waals surface area contributed by atoms with Gasteiger partial charge in [-0.15, -0.1) is 0 Å². The predicted octanol–water partition coefficient (Wildman–Crippen LogP) is 8.13. The summed E-state index contributed by atoms with van der Waals surface area (Å²) in [6.45, 7) is 5.16. The first-order valence-electron chi connectivity index (χ1n) is 13.3. The van der Waals surface area contributed by atoms with E-state index < -0.39 is 0 Å². The van der Waals surface area contributed by atoms with Gasteiger partial charge in [0.2, 0.25) is 5.96 Å². The molecule has 32 heavy (non-hydrogen) atoms. The second kappa shape index (κ2) is 19.1. The Hall–Kier alpha value is -1.42. The summed E-state index contributed by atoms with van der Waals surface area (Å²) in [4.78, 5) is 6.98. The Kier molecular flexibility index (Phi) is 16.0. The monoisotopic (exact) mass is 457 g/mol. The number of guanidine groups is 1. The summed E-state index contributed by atoms with van der Waals surface area (Å²) in [7, 11) is 0. The maximum absolute atomic E-state index is 4.63. The molecule has 0 atom stereocenters. The number of benzene rings is 1. The molecule has 1 aromatic carbocycles. The van der Waals surface area contributed by atoms with Gasteiger partial charge in [-0.05, 0) is 37.7 Å². The molecule has 0 unspecified atom stereocenters. The lowest BCUT2D eigenvalue weighted by Gasteiger charge is -2.20. The van der Waals surface area contributed by atoms with Crippen LogP contribution in [-0.2, 0) is 6.54 Å². The van der Waals surface area contributed by atoms with Crippen LogP contribution in [0.4, 0.5) is 0 Å². The minimum absolute atomic E-state index is 0.907. The number of aliphatic imine (C=N–C) groups is 1. The quantitative estimate of drug-likeness (QED) is 0.129. The molecule has 0 bridgehead atoms. The fraction of sp³-hybridized carbons (Fsp3) is 0.679. The second-order valence-corrected chi connectivity index (χ2v) is 9.90. The fourth-order valence-corrected chi connectivity index (χ4v) is 4.85. The van der Waals surface area contributed by atoms with Gasteiger partial charge in [0.05, 0.1) is 6.54 Å². The van der Waals surface area contributed by atoms with Crippen LogP contribution in [0.1, 0.15) is 102 Å². The molecule has 0 amide bonds. The Morgan fingerprint density at radius 2 is 1.47 bits per heavy atom. The SMILES string of the molecule is CCCCCCCC/C=C\CCCCCCCCSNC1=NCCN1Cc1ccccc1. The molecule has 0 aliphatic carbocycles. The molecule has 1 aliphatic rings. The van der Waals surface area contributed by atoms with Crippen molar-refractivity contribution < 1.29 is 0 Å². The molecule has 0 aromatic heterocycles. The summed E-state index contributed by atoms with van der Waals surface area (Å²) in [5.41, 5.74) is 1.35. The van der Waals surface area contributed by atoms with E-state index in [0.29, 0.717) is 0 Å². The normalized spacial score (nSPS) is 13.8. The van der Waals surface area contributed by atoms with Gasteiger partial charge in [-0.25, -0.2) is 0 Å². The van der Waals surface area contributed by atoms with E-state index in [2.05, 4.69) is 64.0 Å². The molecule has 2 rings (SSSR count). The average Bonchev–Trinajstić information content (AvgIpc) is 3.25. The summed E-state index contributed by atoms with van der Waals surface area (Å²) in [6.07, 6.45) is 24.0. The van der Waals surface area contributed by atoms with Gasteiger partial charge in [0.15, 0.2) is 0 Å². The summed E-state index contributed by atoms with van der Waals surface area (Å²) in [5.74, 6) is 2.22. The highest BCUT2D eigenvalue weighted by atomic mass is 32.2. The zero-order valence-electron chi connectivity index (χ0n) is 20.6. The largest absolute Gasteiger partial charge is 0.336 e. The molecule has 3 nitrogen and oxygen atoms in total. The molecular weight excluding hydrogens is 410 g/mol. The van der Waals surface area contributed by atoms with Crippen molar-refractivity contribution in [2.45, 2.75) is 103 Å². The minimum atomic E-state index is 0.907. The van der Waals surface area contributed by atoms with Crippen LogP contribution < -0.4 is 4.72 Å². The van der Waals surface area contributed by atoms with Crippen LogP contribution in [0.5, 0.6) is 0 Å². The number of nitrogens with one attached hydrogen (secondary N) is 1. The molecular formula is C28H47N3S. The van der Waals surface area contributed by atoms with E-state index in [9.17, 15) is 0 Å². The maximum atomic E-state index is 4.63. The van der Waals surface area contributed by atoms with Crippen molar-refractivity contribution in [3.05, 3.63) is 48.0 Å². The number of nitrogens with zero attached hydrogens (tertiary/aromatic N) is 2. The van der Waals surface area contributed by atoms with Gasteiger partial charge >= 0.3 is 0 Å². The van der Waals surface area contributed by atoms with Crippen molar-refractivity contribution in [1.82, 2.24) is 9.62 Å². The first-order chi connectivity index (χ1) is 15.9. The molecule has 0 saturated heterocycles. The first-order valence-corrected chi connectivity index (χ1v) is 14.2. The number of hydrogen-bond acceptors (Lipinski definition) is 4. The van der Waals surface area contributed by atoms with Gasteiger partial charge in [-0.2, -0.15) is 0 Å². The van der Waals surface area contributed by atoms with Gasteiger partial charge in [-0.3, -0.25) is 4.99 Å². The van der Waals surface area contributed by atoms with Gasteiger partial charge in [-0.1, -0.05) is 119 Å². The summed E-state index contributed by atoms with van der Waals surface area (Å²) in [5, 5.41) is 0. The van der Waals surface area contributed by atoms with Crippen molar-refractivity contribution in [3.63, 3.8) is 0 Å². The third kappa shape index (κ3) is 13.2. The molecule has 0 fully saturated rings. The molecule has 180 valence electrons. The predicted molar refractivity (Wildman–Crippen MR) is 144 cm³/mol. The van der Waals surface area contributed by atoms with Crippen LogP contribution in [-0.4, -0.2) is 29.7 Å². The molecule has 0 saturated carbocycles. The van der Waals surface area contributed by atoms with Crippen molar-refractivity contribution in [2.75, 3.05) is 18.8 Å². The Balaban J connectivity index is 1.34. The molecule has 1 heterocycles. The Morgan fingerprint density at radius 1 is 0.844 bits per heavy atom. The summed E-state index contributed by atoms with van der Waals surface area (Å²) >= 11 is 1.82. The van der Waals surface area contributed by atoms with Crippen molar-refractivity contribution in [3.8, 4) is 0 Å². The molecule has 1 N–H and O–H groups in total. The van der Waals surface area contributed by atoms with Crippen molar-refractivity contribution >= 4 is 17.9 Å². The van der Waals surface area contributed by atoms with Crippen molar-refractivity contribution in [2.24, 2.45) is 4.99 Å². The fourth-order valence-electron chi connectivity index (χ4n) is 4.07. The van der Waals surface area contributed by atoms with E-state index in [1.165, 1.54) is 101 Å². The zero-order chi connectivity index (χ0) is 22.5. The van der Waals surface area contributed by atoms with Crippen molar-refractivity contribution in [1.29, 1.82) is 0 Å². The van der Waals surface area contributed by atoms with E-state index in [1.807, 2.05) is 11.9 Å². The third-order valence-corrected chi connectivity index (χ3v) is 6.89. The standard InChI is InChI=1S/C28H47N3S/c1-2-3-4-5-6-7-8-9-10-11-12-13-14-15-16-20-25-32-30-28-29-23-24-31(28)26-27-21-18-17-19-22-27/h9-10,17-19,21-22H,2-8,11-16,20,23-26H2,1H3,(H,29,30)/b10-9-. The van der Waals surface area contributed by atoms with E-state index >= 15 is 0 Å².